The van der Waals surface area contributed by atoms with Crippen LogP contribution in [0.2, 0.25) is 0 Å². The lowest BCUT2D eigenvalue weighted by molar-refractivity contribution is -0.134. The van der Waals surface area contributed by atoms with Gasteiger partial charge in [-0.2, -0.15) is 11.8 Å². The number of para-hydroxylation sites is 1. The smallest absolute Gasteiger partial charge is 0.315 e. The molecule has 0 saturated carbocycles. The summed E-state index contributed by atoms with van der Waals surface area (Å²) in [7, 11) is 0. The van der Waals surface area contributed by atoms with Gasteiger partial charge >= 0.3 is 12.0 Å². The van der Waals surface area contributed by atoms with Crippen LogP contribution in [0.3, 0.4) is 0 Å². The Kier molecular flexibility index (Phi) is 19.2. The maximum Gasteiger partial charge on any atom is 0.315 e. The predicted octanol–water partition coefficient (Wildman–Crippen LogP) is 4.26. The van der Waals surface area contributed by atoms with Gasteiger partial charge < -0.3 is 40.2 Å². The fourth-order valence-corrected chi connectivity index (χ4v) is 7.61. The molecule has 2 aromatic rings. The number of ether oxygens (including phenoxy) is 4. The van der Waals surface area contributed by atoms with E-state index in [-0.39, 0.29) is 73.9 Å². The second-order valence-electron chi connectivity index (χ2n) is 13.0. The zero-order valence-corrected chi connectivity index (χ0v) is 31.8. The molecule has 4 N–H and O–H groups in total. The van der Waals surface area contributed by atoms with Gasteiger partial charge in [-0.3, -0.25) is 19.2 Å². The molecule has 2 heterocycles. The molecule has 2 aliphatic heterocycles. The Morgan fingerprint density at radius 1 is 0.855 bits per heavy atom. The molecule has 55 heavy (non-hydrogen) atoms. The first-order valence-electron chi connectivity index (χ1n) is 18.8. The molecule has 0 bridgehead atoms. The zero-order chi connectivity index (χ0) is 39.1. The minimum Gasteiger partial charge on any atom is -0.480 e. The number of esters is 1. The van der Waals surface area contributed by atoms with Crippen molar-refractivity contribution in [2.75, 3.05) is 58.4 Å². The van der Waals surface area contributed by atoms with Crippen molar-refractivity contribution < 1.29 is 42.9 Å². The van der Waals surface area contributed by atoms with Crippen molar-refractivity contribution in [3.05, 3.63) is 70.1 Å². The highest BCUT2D eigenvalue weighted by Crippen LogP contribution is 2.34. The first-order valence-corrected chi connectivity index (χ1v) is 19.8. The molecule has 0 aromatic heterocycles. The summed E-state index contributed by atoms with van der Waals surface area (Å²) in [6.45, 7) is 1.89. The largest absolute Gasteiger partial charge is 0.480 e. The van der Waals surface area contributed by atoms with Crippen LogP contribution in [0.4, 0.5) is 4.79 Å². The summed E-state index contributed by atoms with van der Waals surface area (Å²) in [5.74, 6) is 0.0754. The van der Waals surface area contributed by atoms with Crippen molar-refractivity contribution in [2.24, 2.45) is 5.11 Å². The summed E-state index contributed by atoms with van der Waals surface area (Å²) in [4.78, 5) is 64.7. The number of hydrogen-bond acceptors (Lipinski definition) is 11. The van der Waals surface area contributed by atoms with Crippen molar-refractivity contribution in [1.29, 1.82) is 0 Å². The van der Waals surface area contributed by atoms with Crippen LogP contribution in [0.15, 0.2) is 53.6 Å². The van der Waals surface area contributed by atoms with E-state index in [1.807, 2.05) is 17.8 Å². The Hall–Kier alpha value is -4.83. The molecule has 0 radical (unpaired) electrons. The number of unbranched alkanes of at least 4 members (excludes halogenated alkanes) is 3. The lowest BCUT2D eigenvalue weighted by Gasteiger charge is -2.16. The SMILES string of the molecule is [N-]=[N+]=NCCCCCC(=O)Oc1c(CC(=O)c2ccccc2)cccc1OCC(=O)NCCOCCOCCNC(=O)CCCC[C@@H]1SC[C@@H]2NC(=O)N[C@@H]21. The minimum atomic E-state index is -0.511. The van der Waals surface area contributed by atoms with Gasteiger partial charge in [0.25, 0.3) is 5.91 Å². The number of rotatable bonds is 27. The third-order valence-corrected chi connectivity index (χ3v) is 10.4. The van der Waals surface area contributed by atoms with Crippen molar-refractivity contribution in [2.45, 2.75) is 75.1 Å². The van der Waals surface area contributed by atoms with Gasteiger partial charge in [-0.05, 0) is 37.3 Å². The number of benzene rings is 2. The molecule has 2 aliphatic rings. The maximum absolute atomic E-state index is 13.0. The molecule has 0 aliphatic carbocycles. The molecule has 298 valence electrons. The lowest BCUT2D eigenvalue weighted by Crippen LogP contribution is -2.36. The third-order valence-electron chi connectivity index (χ3n) is 8.87. The van der Waals surface area contributed by atoms with Crippen LogP contribution in [-0.4, -0.2) is 105 Å². The highest BCUT2D eigenvalue weighted by molar-refractivity contribution is 8.00. The number of fused-ring (bicyclic) bond motifs is 1. The number of nitrogens with one attached hydrogen (secondary N) is 4. The van der Waals surface area contributed by atoms with E-state index in [0.29, 0.717) is 75.0 Å². The monoisotopic (exact) mass is 781 g/mol. The average Bonchev–Trinajstić information content (AvgIpc) is 3.74. The molecule has 2 fully saturated rings. The van der Waals surface area contributed by atoms with Crippen LogP contribution < -0.4 is 30.7 Å². The van der Waals surface area contributed by atoms with Gasteiger partial charge in [-0.25, -0.2) is 4.79 Å². The molecule has 0 unspecified atom stereocenters. The molecule has 17 heteroatoms. The van der Waals surface area contributed by atoms with Crippen molar-refractivity contribution in [3.63, 3.8) is 0 Å². The van der Waals surface area contributed by atoms with Gasteiger partial charge in [0, 0.05) is 65.9 Å². The second-order valence-corrected chi connectivity index (χ2v) is 14.3. The molecule has 2 saturated heterocycles. The van der Waals surface area contributed by atoms with E-state index in [4.69, 9.17) is 24.5 Å². The highest BCUT2D eigenvalue weighted by atomic mass is 32.2. The molecule has 16 nitrogen and oxygen atoms in total. The standard InChI is InChI=1S/C38H51N7O9S/c39-45-42-17-8-2-5-16-35(49)54-37-28(24-30(46)27-10-3-1-4-11-27)12-9-13-31(37)53-25-34(48)41-19-21-52-23-22-51-20-18-40-33(47)15-7-6-14-32-36-29(26-55-32)43-38(50)44-36/h1,3-4,9-13,29,32,36H,2,5-8,14-26H2,(H,40,47)(H,41,48)(H2,43,44,50)/t29-,32-,36-/m0/s1. The molecule has 4 rings (SSSR count). The van der Waals surface area contributed by atoms with Crippen LogP contribution in [0, 0.1) is 0 Å². The van der Waals surface area contributed by atoms with Crippen molar-refractivity contribution >= 4 is 41.4 Å². The van der Waals surface area contributed by atoms with E-state index >= 15 is 0 Å². The molecular formula is C38H51N7O9S. The molecule has 2 aromatic carbocycles. The van der Waals surface area contributed by atoms with E-state index in [0.717, 1.165) is 25.0 Å². The summed E-state index contributed by atoms with van der Waals surface area (Å²) in [5.41, 5.74) is 9.37. The van der Waals surface area contributed by atoms with Crippen molar-refractivity contribution in [3.8, 4) is 11.5 Å². The van der Waals surface area contributed by atoms with E-state index in [9.17, 15) is 24.0 Å². The van der Waals surface area contributed by atoms with Gasteiger partial charge in [0.1, 0.15) is 0 Å². The summed E-state index contributed by atoms with van der Waals surface area (Å²) in [6, 6.07) is 14.0. The zero-order valence-electron chi connectivity index (χ0n) is 31.0. The minimum absolute atomic E-state index is 0.0119. The molecular weight excluding hydrogens is 731 g/mol. The Balaban J connectivity index is 1.07. The number of nitrogens with zero attached hydrogens (tertiary/aromatic N) is 3. The number of urea groups is 1. The fourth-order valence-electron chi connectivity index (χ4n) is 6.07. The lowest BCUT2D eigenvalue weighted by atomic mass is 10.0. The number of azide groups is 1. The Morgan fingerprint density at radius 2 is 1.60 bits per heavy atom. The van der Waals surface area contributed by atoms with Crippen LogP contribution in [0.1, 0.15) is 67.3 Å². The average molecular weight is 782 g/mol. The molecule has 4 amide bonds. The second kappa shape index (κ2) is 24.6. The number of Topliss-reactive ketones (excluding diaryl/α,β-unsaturated/α-hetero) is 1. The third kappa shape index (κ3) is 15.8. The number of ketones is 1. The summed E-state index contributed by atoms with van der Waals surface area (Å²) in [5, 5.41) is 15.4. The maximum atomic E-state index is 13.0. The van der Waals surface area contributed by atoms with Crippen LogP contribution in [0.5, 0.6) is 11.5 Å². The topological polar surface area (TPSA) is 219 Å². The molecule has 3 atom stereocenters. The summed E-state index contributed by atoms with van der Waals surface area (Å²) < 4.78 is 22.5. The van der Waals surface area contributed by atoms with E-state index in [2.05, 4.69) is 31.3 Å². The Morgan fingerprint density at radius 3 is 2.36 bits per heavy atom. The van der Waals surface area contributed by atoms with E-state index in [1.165, 1.54) is 0 Å². The van der Waals surface area contributed by atoms with Crippen LogP contribution in [-0.2, 0) is 30.3 Å². The summed E-state index contributed by atoms with van der Waals surface area (Å²) >= 11 is 1.88. The number of amides is 4. The van der Waals surface area contributed by atoms with Gasteiger partial charge in [0.2, 0.25) is 5.91 Å². The van der Waals surface area contributed by atoms with Gasteiger partial charge in [-0.1, -0.05) is 60.4 Å². The highest BCUT2D eigenvalue weighted by Gasteiger charge is 2.42. The van der Waals surface area contributed by atoms with Crippen LogP contribution in [0.25, 0.3) is 10.4 Å². The Labute approximate surface area is 325 Å². The van der Waals surface area contributed by atoms with Gasteiger partial charge in [0.05, 0.1) is 38.5 Å². The first-order chi connectivity index (χ1) is 26.8. The van der Waals surface area contributed by atoms with Crippen molar-refractivity contribution in [1.82, 2.24) is 21.3 Å². The number of carbonyl (C=O) groups is 5. The number of thioether (sulfide) groups is 1. The summed E-state index contributed by atoms with van der Waals surface area (Å²) in [6.07, 6.45) is 5.08. The first kappa shape index (κ1) is 42.9. The van der Waals surface area contributed by atoms with E-state index < -0.39 is 11.9 Å². The normalized spacial score (nSPS) is 16.9. The Bertz CT molecular complexity index is 1610. The quantitative estimate of drug-likeness (QED) is 0.0148. The van der Waals surface area contributed by atoms with Crippen LogP contribution >= 0.6 is 11.8 Å². The number of hydrogen-bond donors (Lipinski definition) is 4. The number of carbonyl (C=O) groups excluding carboxylic acids is 5. The predicted molar refractivity (Wildman–Crippen MR) is 206 cm³/mol. The fraction of sp³-hybridized carbons (Fsp3) is 0.553. The van der Waals surface area contributed by atoms with Gasteiger partial charge in [-0.15, -0.1) is 0 Å². The van der Waals surface area contributed by atoms with E-state index in [1.54, 1.807) is 42.5 Å². The molecule has 0 spiro atoms. The van der Waals surface area contributed by atoms with Gasteiger partial charge in [0.15, 0.2) is 23.9 Å².